The number of aliphatic hydroxyl groups is 1. The van der Waals surface area contributed by atoms with Crippen LogP contribution < -0.4 is 10.8 Å². The first kappa shape index (κ1) is 30.1. The lowest BCUT2D eigenvalue weighted by molar-refractivity contribution is -0.253. The van der Waals surface area contributed by atoms with Crippen LogP contribution in [0.15, 0.2) is 48.5 Å². The number of carbonyl (C=O) groups is 2. The van der Waals surface area contributed by atoms with Crippen LogP contribution in [0.5, 0.6) is 0 Å². The first-order chi connectivity index (χ1) is 19.5. The lowest BCUT2D eigenvalue weighted by atomic mass is 9.99. The van der Waals surface area contributed by atoms with E-state index < -0.39 is 12.2 Å². The van der Waals surface area contributed by atoms with Gasteiger partial charge in [-0.2, -0.15) is 0 Å². The van der Waals surface area contributed by atoms with Gasteiger partial charge in [-0.05, 0) is 29.5 Å². The first-order valence-corrected chi connectivity index (χ1v) is 14.1. The molecule has 218 valence electrons. The fourth-order valence-electron chi connectivity index (χ4n) is 4.99. The van der Waals surface area contributed by atoms with Crippen LogP contribution >= 0.6 is 0 Å². The Morgan fingerprint density at radius 2 is 1.50 bits per heavy atom. The maximum atomic E-state index is 12.2. The van der Waals surface area contributed by atoms with Crippen molar-refractivity contribution in [2.24, 2.45) is 0 Å². The van der Waals surface area contributed by atoms with Gasteiger partial charge < -0.3 is 24.6 Å². The summed E-state index contributed by atoms with van der Waals surface area (Å²) in [5.74, 6) is -0.438. The van der Waals surface area contributed by atoms with Crippen LogP contribution in [0.1, 0.15) is 73.2 Å². The average molecular weight is 556 g/mol. The zero-order valence-corrected chi connectivity index (χ0v) is 22.9. The van der Waals surface area contributed by atoms with E-state index in [0.29, 0.717) is 25.8 Å². The number of carbonyl (C=O) groups excluding carboxylic acids is 2. The normalized spacial score (nSPS) is 21.6. The monoisotopic (exact) mass is 555 g/mol. The molecule has 2 aliphatic heterocycles. The molecule has 2 amide bonds. The Kier molecular flexibility index (Phi) is 11.9. The predicted octanol–water partition coefficient (Wildman–Crippen LogP) is 3.13. The van der Waals surface area contributed by atoms with Gasteiger partial charge in [-0.15, -0.1) is 0 Å². The number of hydroxylamine groups is 1. The molecule has 40 heavy (non-hydrogen) atoms. The number of nitrogens with zero attached hydrogens (tertiary/aromatic N) is 1. The minimum Gasteiger partial charge on any atom is -0.392 e. The third-order valence-corrected chi connectivity index (χ3v) is 7.35. The lowest BCUT2D eigenvalue weighted by Crippen LogP contribution is -2.44. The molecule has 0 bridgehead atoms. The van der Waals surface area contributed by atoms with Crippen LogP contribution in [-0.4, -0.2) is 66.0 Å². The highest BCUT2D eigenvalue weighted by Gasteiger charge is 2.33. The zero-order chi connectivity index (χ0) is 28.2. The van der Waals surface area contributed by atoms with Gasteiger partial charge in [0.05, 0.1) is 32.0 Å². The van der Waals surface area contributed by atoms with Crippen molar-refractivity contribution in [2.45, 2.75) is 70.2 Å². The minimum atomic E-state index is -0.515. The highest BCUT2D eigenvalue weighted by Crippen LogP contribution is 2.38. The molecule has 0 aromatic heterocycles. The van der Waals surface area contributed by atoms with Gasteiger partial charge in [0.15, 0.2) is 6.29 Å². The number of aliphatic hydroxyl groups excluding tert-OH is 1. The van der Waals surface area contributed by atoms with E-state index in [-0.39, 0.29) is 31.1 Å². The molecule has 10 heteroatoms. The zero-order valence-electron chi connectivity index (χ0n) is 22.9. The predicted molar refractivity (Wildman–Crippen MR) is 147 cm³/mol. The Balaban J connectivity index is 1.31. The molecule has 2 aliphatic rings. The van der Waals surface area contributed by atoms with Crippen molar-refractivity contribution in [3.8, 4) is 0 Å². The quantitative estimate of drug-likeness (QED) is 0.169. The summed E-state index contributed by atoms with van der Waals surface area (Å²) in [5, 5.41) is 20.9. The number of rotatable bonds is 13. The molecule has 2 aromatic rings. The van der Waals surface area contributed by atoms with E-state index in [9.17, 15) is 14.7 Å². The van der Waals surface area contributed by atoms with Gasteiger partial charge >= 0.3 is 0 Å². The molecule has 3 atom stereocenters. The SMILES string of the molecule is O=C(CCCCCC(=O)NCc1ccc([C@H]2O[C@@H](CN3CCOCC3)C[C@@H](c3ccc(CO)cc3)O2)cc1)NO. The van der Waals surface area contributed by atoms with Gasteiger partial charge in [0.25, 0.3) is 0 Å². The second kappa shape index (κ2) is 15.8. The smallest absolute Gasteiger partial charge is 0.243 e. The van der Waals surface area contributed by atoms with Gasteiger partial charge in [-0.3, -0.25) is 19.7 Å². The summed E-state index contributed by atoms with van der Waals surface area (Å²) >= 11 is 0. The van der Waals surface area contributed by atoms with Crippen LogP contribution in [0, 0.1) is 0 Å². The number of morpholine rings is 1. The summed E-state index contributed by atoms with van der Waals surface area (Å²) in [6.45, 7) is 4.51. The van der Waals surface area contributed by atoms with E-state index in [1.807, 2.05) is 48.5 Å². The van der Waals surface area contributed by atoms with Crippen LogP contribution in [0.2, 0.25) is 0 Å². The van der Waals surface area contributed by atoms with Gasteiger partial charge in [0, 0.05) is 51.0 Å². The Labute approximate surface area is 235 Å². The van der Waals surface area contributed by atoms with E-state index in [1.165, 1.54) is 0 Å². The number of nitrogens with one attached hydrogen (secondary N) is 2. The maximum Gasteiger partial charge on any atom is 0.243 e. The molecule has 0 spiro atoms. The van der Waals surface area contributed by atoms with Crippen molar-refractivity contribution in [3.63, 3.8) is 0 Å². The van der Waals surface area contributed by atoms with E-state index in [2.05, 4.69) is 10.2 Å². The third-order valence-electron chi connectivity index (χ3n) is 7.35. The van der Waals surface area contributed by atoms with E-state index in [4.69, 9.17) is 19.4 Å². The summed E-state index contributed by atoms with van der Waals surface area (Å²) in [7, 11) is 0. The number of hydrogen-bond acceptors (Lipinski definition) is 8. The van der Waals surface area contributed by atoms with Crippen LogP contribution in [0.4, 0.5) is 0 Å². The topological polar surface area (TPSA) is 130 Å². The summed E-state index contributed by atoms with van der Waals surface area (Å²) < 4.78 is 18.4. The standard InChI is InChI=1S/C30H41N3O7/c34-21-23-8-10-24(11-9-23)27-18-26(20-33-14-16-38-17-15-33)39-30(40-27)25-12-6-22(7-13-25)19-31-28(35)4-2-1-3-5-29(36)32-37/h6-13,26-27,30,34,37H,1-5,14-21H2,(H,31,35)(H,32,36)/t26-,27+,30+/m1/s1. The Hall–Kier alpha value is -2.86. The summed E-state index contributed by atoms with van der Waals surface area (Å²) in [4.78, 5) is 25.6. The molecule has 4 N–H and O–H groups in total. The maximum absolute atomic E-state index is 12.2. The molecule has 0 unspecified atom stereocenters. The molecular weight excluding hydrogens is 514 g/mol. The second-order valence-corrected chi connectivity index (χ2v) is 10.4. The molecule has 0 radical (unpaired) electrons. The van der Waals surface area contributed by atoms with Crippen LogP contribution in [-0.2, 0) is 37.0 Å². The Morgan fingerprint density at radius 3 is 2.17 bits per heavy atom. The van der Waals surface area contributed by atoms with Crippen LogP contribution in [0.3, 0.4) is 0 Å². The van der Waals surface area contributed by atoms with E-state index >= 15 is 0 Å². The molecule has 2 fully saturated rings. The largest absolute Gasteiger partial charge is 0.392 e. The van der Waals surface area contributed by atoms with Crippen molar-refractivity contribution in [1.29, 1.82) is 0 Å². The summed E-state index contributed by atoms with van der Waals surface area (Å²) in [6.07, 6.45) is 2.81. The highest BCUT2D eigenvalue weighted by atomic mass is 16.7. The van der Waals surface area contributed by atoms with E-state index in [1.54, 1.807) is 5.48 Å². The second-order valence-electron chi connectivity index (χ2n) is 10.4. The number of amides is 2. The van der Waals surface area contributed by atoms with Gasteiger partial charge in [0.1, 0.15) is 0 Å². The third kappa shape index (κ3) is 9.36. The number of hydrogen-bond donors (Lipinski definition) is 4. The number of ether oxygens (including phenoxy) is 3. The molecule has 0 aliphatic carbocycles. The Bertz CT molecular complexity index is 1060. The van der Waals surface area contributed by atoms with Crippen molar-refractivity contribution in [1.82, 2.24) is 15.7 Å². The summed E-state index contributed by atoms with van der Waals surface area (Å²) in [5.41, 5.74) is 5.45. The minimum absolute atomic E-state index is 0.00337. The first-order valence-electron chi connectivity index (χ1n) is 14.1. The molecule has 2 heterocycles. The molecule has 4 rings (SSSR count). The van der Waals surface area contributed by atoms with Crippen molar-refractivity contribution >= 4 is 11.8 Å². The molecule has 2 saturated heterocycles. The molecule has 10 nitrogen and oxygen atoms in total. The molecular formula is C30H41N3O7. The van der Waals surface area contributed by atoms with Crippen molar-refractivity contribution in [2.75, 3.05) is 32.8 Å². The van der Waals surface area contributed by atoms with E-state index in [0.717, 1.165) is 67.9 Å². The van der Waals surface area contributed by atoms with Gasteiger partial charge in [0.2, 0.25) is 11.8 Å². The Morgan fingerprint density at radius 1 is 0.850 bits per heavy atom. The lowest BCUT2D eigenvalue weighted by Gasteiger charge is -2.39. The van der Waals surface area contributed by atoms with Gasteiger partial charge in [-0.1, -0.05) is 55.0 Å². The number of unbranched alkanes of at least 4 members (excludes halogenated alkanes) is 2. The van der Waals surface area contributed by atoms with Crippen LogP contribution in [0.25, 0.3) is 0 Å². The fraction of sp³-hybridized carbons (Fsp3) is 0.533. The fourth-order valence-corrected chi connectivity index (χ4v) is 4.99. The van der Waals surface area contributed by atoms with Crippen molar-refractivity contribution in [3.05, 3.63) is 70.8 Å². The summed E-state index contributed by atoms with van der Waals surface area (Å²) in [6, 6.07) is 15.8. The molecule has 0 saturated carbocycles. The molecule has 2 aromatic carbocycles. The highest BCUT2D eigenvalue weighted by molar-refractivity contribution is 5.76. The average Bonchev–Trinajstić information content (AvgIpc) is 3.00. The van der Waals surface area contributed by atoms with Gasteiger partial charge in [-0.25, -0.2) is 5.48 Å². The number of benzene rings is 2. The van der Waals surface area contributed by atoms with Crippen molar-refractivity contribution < 1.29 is 34.1 Å².